The molecule has 59 valence electrons. The maximum atomic E-state index is 5.66. The van der Waals surface area contributed by atoms with E-state index in [0.717, 1.165) is 5.69 Å². The van der Waals surface area contributed by atoms with Crippen LogP contribution >= 0.6 is 11.3 Å². The first kappa shape index (κ1) is 7.37. The van der Waals surface area contributed by atoms with Crippen LogP contribution in [0, 0.1) is 5.38 Å². The van der Waals surface area contributed by atoms with Crippen molar-refractivity contribution in [3.8, 4) is 10.4 Å². The molecule has 0 amide bonds. The molecule has 0 unspecified atom stereocenters. The summed E-state index contributed by atoms with van der Waals surface area (Å²) in [7, 11) is 0. The highest BCUT2D eigenvalue weighted by Gasteiger charge is 1.97. The molecule has 0 spiro atoms. The number of nitrogens with two attached hydrogens (primary N) is 1. The molecule has 1 nitrogen and oxygen atoms in total. The highest BCUT2D eigenvalue weighted by Crippen LogP contribution is 2.25. The van der Waals surface area contributed by atoms with Gasteiger partial charge in [-0.1, -0.05) is 12.1 Å². The number of benzene rings is 1. The lowest BCUT2D eigenvalue weighted by molar-refractivity contribution is 1.68. The summed E-state index contributed by atoms with van der Waals surface area (Å²) < 4.78 is 0. The van der Waals surface area contributed by atoms with E-state index in [9.17, 15) is 0 Å². The molecule has 0 atom stereocenters. The van der Waals surface area contributed by atoms with Crippen molar-refractivity contribution < 1.29 is 0 Å². The molecule has 2 N–H and O–H groups in total. The zero-order valence-corrected chi connectivity index (χ0v) is 7.27. The molecule has 2 rings (SSSR count). The zero-order valence-electron chi connectivity index (χ0n) is 6.45. The first-order chi connectivity index (χ1) is 5.86. The van der Waals surface area contributed by atoms with Crippen LogP contribution in [-0.4, -0.2) is 0 Å². The van der Waals surface area contributed by atoms with Gasteiger partial charge in [-0.25, -0.2) is 0 Å². The molecule has 0 saturated carbocycles. The van der Waals surface area contributed by atoms with Gasteiger partial charge in [-0.2, -0.15) is 0 Å². The molecule has 12 heavy (non-hydrogen) atoms. The van der Waals surface area contributed by atoms with Crippen LogP contribution in [0.2, 0.25) is 0 Å². The fourth-order valence-corrected chi connectivity index (χ4v) is 1.73. The Morgan fingerprint density at radius 1 is 1.25 bits per heavy atom. The third-order valence-electron chi connectivity index (χ3n) is 1.64. The zero-order chi connectivity index (χ0) is 8.39. The second-order valence-corrected chi connectivity index (χ2v) is 3.42. The maximum absolute atomic E-state index is 5.66. The van der Waals surface area contributed by atoms with E-state index in [0.29, 0.717) is 0 Å². The molecule has 1 radical (unpaired) electrons. The summed E-state index contributed by atoms with van der Waals surface area (Å²) >= 11 is 1.60. The van der Waals surface area contributed by atoms with Gasteiger partial charge in [0.2, 0.25) is 0 Å². The van der Waals surface area contributed by atoms with Gasteiger partial charge in [-0.3, -0.25) is 0 Å². The number of nitrogen functional groups attached to an aromatic ring is 1. The molecule has 2 heteroatoms. The summed E-state index contributed by atoms with van der Waals surface area (Å²) in [4.78, 5) is 1.21. The molecule has 0 aliphatic rings. The Hall–Kier alpha value is -1.28. The van der Waals surface area contributed by atoms with Crippen molar-refractivity contribution in [1.29, 1.82) is 0 Å². The Kier molecular flexibility index (Phi) is 1.84. The summed E-state index contributed by atoms with van der Waals surface area (Å²) in [5.41, 5.74) is 7.63. The fraction of sp³-hybridized carbons (Fsp3) is 0. The molecular weight excluding hydrogens is 166 g/mol. The van der Waals surface area contributed by atoms with Gasteiger partial charge in [-0.05, 0) is 29.8 Å². The molecule has 2 aromatic rings. The molecule has 0 saturated heterocycles. The van der Waals surface area contributed by atoms with Gasteiger partial charge >= 0.3 is 0 Å². The van der Waals surface area contributed by atoms with Crippen LogP contribution in [0.15, 0.2) is 36.4 Å². The number of rotatable bonds is 1. The van der Waals surface area contributed by atoms with Crippen molar-refractivity contribution in [2.24, 2.45) is 0 Å². The van der Waals surface area contributed by atoms with Crippen LogP contribution in [-0.2, 0) is 0 Å². The van der Waals surface area contributed by atoms with Crippen molar-refractivity contribution in [2.75, 3.05) is 5.73 Å². The second kappa shape index (κ2) is 2.99. The number of anilines is 1. The average Bonchev–Trinajstić information content (AvgIpc) is 2.56. The molecular formula is C10H8NS. The van der Waals surface area contributed by atoms with Gasteiger partial charge in [0.1, 0.15) is 0 Å². The van der Waals surface area contributed by atoms with Crippen LogP contribution in [0.3, 0.4) is 0 Å². The quantitative estimate of drug-likeness (QED) is 0.661. The van der Waals surface area contributed by atoms with E-state index in [4.69, 9.17) is 5.73 Å². The summed E-state index contributed by atoms with van der Waals surface area (Å²) in [6.45, 7) is 0. The summed E-state index contributed by atoms with van der Waals surface area (Å²) in [5.74, 6) is 0. The predicted molar refractivity (Wildman–Crippen MR) is 53.0 cm³/mol. The van der Waals surface area contributed by atoms with Crippen LogP contribution in [0.5, 0.6) is 0 Å². The first-order valence-corrected chi connectivity index (χ1v) is 4.50. The van der Waals surface area contributed by atoms with Crippen molar-refractivity contribution in [3.05, 3.63) is 41.8 Å². The Morgan fingerprint density at radius 2 is 2.17 bits per heavy atom. The molecule has 0 bridgehead atoms. The SMILES string of the molecule is Nc1cccc(-c2cc[c]s2)c1. The van der Waals surface area contributed by atoms with Crippen molar-refractivity contribution in [2.45, 2.75) is 0 Å². The largest absolute Gasteiger partial charge is 0.399 e. The third-order valence-corrected chi connectivity index (χ3v) is 2.49. The van der Waals surface area contributed by atoms with Gasteiger partial charge in [0.05, 0.1) is 0 Å². The lowest BCUT2D eigenvalue weighted by atomic mass is 10.2. The van der Waals surface area contributed by atoms with Crippen LogP contribution < -0.4 is 5.73 Å². The van der Waals surface area contributed by atoms with Gasteiger partial charge in [0, 0.05) is 15.9 Å². The van der Waals surface area contributed by atoms with Gasteiger partial charge in [0.25, 0.3) is 0 Å². The maximum Gasteiger partial charge on any atom is 0.0449 e. The average molecular weight is 174 g/mol. The van der Waals surface area contributed by atoms with E-state index >= 15 is 0 Å². The minimum Gasteiger partial charge on any atom is -0.399 e. The Bertz CT molecular complexity index is 365. The minimum absolute atomic E-state index is 0.806. The molecule has 1 aromatic carbocycles. The summed E-state index contributed by atoms with van der Waals surface area (Å²) in [6.07, 6.45) is 0. The topological polar surface area (TPSA) is 26.0 Å². The minimum atomic E-state index is 0.806. The summed E-state index contributed by atoms with van der Waals surface area (Å²) in [6, 6.07) is 11.8. The van der Waals surface area contributed by atoms with E-state index < -0.39 is 0 Å². The van der Waals surface area contributed by atoms with E-state index in [1.807, 2.05) is 30.3 Å². The smallest absolute Gasteiger partial charge is 0.0449 e. The standard InChI is InChI=1S/C10H8NS/c11-9-4-1-3-8(7-9)10-5-2-6-12-10/h1-5,7H,11H2. The lowest BCUT2D eigenvalue weighted by Crippen LogP contribution is -1.83. The molecule has 0 aliphatic carbocycles. The molecule has 0 fully saturated rings. The summed E-state index contributed by atoms with van der Waals surface area (Å²) in [5, 5.41) is 3.05. The van der Waals surface area contributed by atoms with E-state index in [1.54, 1.807) is 11.3 Å². The number of hydrogen-bond donors (Lipinski definition) is 1. The highest BCUT2D eigenvalue weighted by molar-refractivity contribution is 7.13. The number of hydrogen-bond acceptors (Lipinski definition) is 2. The monoisotopic (exact) mass is 174 g/mol. The number of thiophene rings is 1. The second-order valence-electron chi connectivity index (χ2n) is 2.54. The molecule has 1 heterocycles. The Morgan fingerprint density at radius 3 is 2.83 bits per heavy atom. The third kappa shape index (κ3) is 1.34. The van der Waals surface area contributed by atoms with Gasteiger partial charge in [-0.15, -0.1) is 11.3 Å². The van der Waals surface area contributed by atoms with Crippen molar-refractivity contribution in [3.63, 3.8) is 0 Å². The fourth-order valence-electron chi connectivity index (χ4n) is 1.09. The van der Waals surface area contributed by atoms with Gasteiger partial charge in [0.15, 0.2) is 0 Å². The van der Waals surface area contributed by atoms with Crippen LogP contribution in [0.25, 0.3) is 10.4 Å². The van der Waals surface area contributed by atoms with Crippen LogP contribution in [0.1, 0.15) is 0 Å². The van der Waals surface area contributed by atoms with Crippen LogP contribution in [0.4, 0.5) is 5.69 Å². The normalized spacial score (nSPS) is 10.0. The van der Waals surface area contributed by atoms with E-state index in [1.165, 1.54) is 10.4 Å². The first-order valence-electron chi connectivity index (χ1n) is 3.68. The molecule has 1 aromatic heterocycles. The Balaban J connectivity index is 2.48. The highest BCUT2D eigenvalue weighted by atomic mass is 32.1. The van der Waals surface area contributed by atoms with E-state index in [2.05, 4.69) is 11.4 Å². The lowest BCUT2D eigenvalue weighted by Gasteiger charge is -1.97. The van der Waals surface area contributed by atoms with E-state index in [-0.39, 0.29) is 0 Å². The molecule has 0 aliphatic heterocycles. The Labute approximate surface area is 75.5 Å². The van der Waals surface area contributed by atoms with Crippen molar-refractivity contribution >= 4 is 17.0 Å². The van der Waals surface area contributed by atoms with Gasteiger partial charge < -0.3 is 5.73 Å². The van der Waals surface area contributed by atoms with Crippen molar-refractivity contribution in [1.82, 2.24) is 0 Å². The predicted octanol–water partition coefficient (Wildman–Crippen LogP) is 2.80.